The molecule has 1 aliphatic rings. The summed E-state index contributed by atoms with van der Waals surface area (Å²) in [5.74, 6) is 0.220. The third-order valence-corrected chi connectivity index (χ3v) is 2.63. The number of anilines is 1. The van der Waals surface area contributed by atoms with Crippen LogP contribution in [-0.4, -0.2) is 21.7 Å². The Morgan fingerprint density at radius 2 is 1.94 bits per heavy atom. The van der Waals surface area contributed by atoms with Gasteiger partial charge in [0.2, 0.25) is 5.95 Å². The van der Waals surface area contributed by atoms with Gasteiger partial charge in [0.25, 0.3) is 0 Å². The van der Waals surface area contributed by atoms with E-state index in [0.29, 0.717) is 0 Å². The summed E-state index contributed by atoms with van der Waals surface area (Å²) in [6, 6.07) is 0. The van der Waals surface area contributed by atoms with Crippen molar-refractivity contribution in [3.05, 3.63) is 18.0 Å². The first-order chi connectivity index (χ1) is 8.28. The van der Waals surface area contributed by atoms with E-state index in [1.54, 1.807) is 33.2 Å². The van der Waals surface area contributed by atoms with Gasteiger partial charge in [-0.25, -0.2) is 14.8 Å². The van der Waals surface area contributed by atoms with Gasteiger partial charge in [-0.2, -0.15) is 0 Å². The molecule has 1 aliphatic carbocycles. The zero-order chi connectivity index (χ0) is 13.4. The summed E-state index contributed by atoms with van der Waals surface area (Å²) >= 11 is 0. The van der Waals surface area contributed by atoms with E-state index in [2.05, 4.69) is 15.3 Å². The second-order valence-electron chi connectivity index (χ2n) is 5.58. The lowest BCUT2D eigenvalue weighted by atomic mass is 10.1. The second kappa shape index (κ2) is 4.20. The summed E-state index contributed by atoms with van der Waals surface area (Å²) in [5.41, 5.74) is 6.11. The molecule has 1 amide bonds. The zero-order valence-corrected chi connectivity index (χ0v) is 10.9. The van der Waals surface area contributed by atoms with Gasteiger partial charge in [0, 0.05) is 23.5 Å². The van der Waals surface area contributed by atoms with Crippen LogP contribution in [0, 0.1) is 0 Å². The van der Waals surface area contributed by atoms with Crippen LogP contribution in [0.15, 0.2) is 12.4 Å². The molecule has 0 atom stereocenters. The molecule has 0 unspecified atom stereocenters. The first kappa shape index (κ1) is 12.8. The fourth-order valence-corrected chi connectivity index (χ4v) is 1.47. The molecule has 0 radical (unpaired) electrons. The van der Waals surface area contributed by atoms with Gasteiger partial charge in [-0.05, 0) is 33.6 Å². The van der Waals surface area contributed by atoms with E-state index in [1.807, 2.05) is 0 Å². The monoisotopic (exact) mass is 250 g/mol. The van der Waals surface area contributed by atoms with Crippen molar-refractivity contribution in [3.8, 4) is 0 Å². The Morgan fingerprint density at radius 1 is 1.39 bits per heavy atom. The summed E-state index contributed by atoms with van der Waals surface area (Å²) in [6.45, 7) is 5.38. The molecule has 6 nitrogen and oxygen atoms in total. The van der Waals surface area contributed by atoms with Crippen LogP contribution in [-0.2, 0) is 10.3 Å². The number of ether oxygens (including phenoxy) is 1. The maximum absolute atomic E-state index is 11.5. The molecule has 1 aromatic rings. The summed E-state index contributed by atoms with van der Waals surface area (Å²) in [5, 5.41) is 2.47. The van der Waals surface area contributed by atoms with Crippen LogP contribution in [0.5, 0.6) is 0 Å². The fraction of sp³-hybridized carbons (Fsp3) is 0.583. The van der Waals surface area contributed by atoms with E-state index in [-0.39, 0.29) is 11.5 Å². The highest BCUT2D eigenvalue weighted by atomic mass is 16.6. The normalized spacial score (nSPS) is 17.1. The molecular formula is C12H18N4O2. The van der Waals surface area contributed by atoms with Crippen molar-refractivity contribution in [2.75, 3.05) is 5.32 Å². The van der Waals surface area contributed by atoms with Crippen LogP contribution in [0.3, 0.4) is 0 Å². The number of carbonyl (C=O) groups is 1. The largest absolute Gasteiger partial charge is 0.444 e. The standard InChI is InChI=1S/C12H18N4O2/c1-11(2,3)18-10(17)16-9-14-6-8(7-15-9)12(13)4-5-12/h6-7H,4-5,13H2,1-3H3,(H,14,15,16,17). The molecule has 98 valence electrons. The predicted molar refractivity (Wildman–Crippen MR) is 67.0 cm³/mol. The fourth-order valence-electron chi connectivity index (χ4n) is 1.47. The summed E-state index contributed by atoms with van der Waals surface area (Å²) in [4.78, 5) is 19.6. The van der Waals surface area contributed by atoms with Gasteiger partial charge in [0.1, 0.15) is 5.60 Å². The van der Waals surface area contributed by atoms with Gasteiger partial charge in [-0.3, -0.25) is 5.32 Å². The Morgan fingerprint density at radius 3 is 2.39 bits per heavy atom. The van der Waals surface area contributed by atoms with Crippen LogP contribution in [0.25, 0.3) is 0 Å². The highest BCUT2D eigenvalue weighted by Crippen LogP contribution is 2.41. The van der Waals surface area contributed by atoms with Crippen molar-refractivity contribution in [1.82, 2.24) is 9.97 Å². The number of rotatable bonds is 2. The molecule has 0 spiro atoms. The third kappa shape index (κ3) is 3.16. The predicted octanol–water partition coefficient (Wildman–Crippen LogP) is 1.77. The number of aromatic nitrogens is 2. The van der Waals surface area contributed by atoms with E-state index >= 15 is 0 Å². The molecular weight excluding hydrogens is 232 g/mol. The Hall–Kier alpha value is -1.69. The van der Waals surface area contributed by atoms with Gasteiger partial charge >= 0.3 is 6.09 Å². The van der Waals surface area contributed by atoms with Crippen LogP contribution >= 0.6 is 0 Å². The SMILES string of the molecule is CC(C)(C)OC(=O)Nc1ncc(C2(N)CC2)cn1. The van der Waals surface area contributed by atoms with E-state index in [4.69, 9.17) is 10.5 Å². The Bertz CT molecular complexity index is 446. The van der Waals surface area contributed by atoms with Crippen LogP contribution in [0.2, 0.25) is 0 Å². The number of amides is 1. The Balaban J connectivity index is 1.96. The molecule has 1 saturated carbocycles. The van der Waals surface area contributed by atoms with Crippen molar-refractivity contribution in [2.45, 2.75) is 44.8 Å². The van der Waals surface area contributed by atoms with E-state index in [1.165, 1.54) is 0 Å². The summed E-state index contributed by atoms with van der Waals surface area (Å²) in [7, 11) is 0. The van der Waals surface area contributed by atoms with Gasteiger partial charge in [0.05, 0.1) is 0 Å². The van der Waals surface area contributed by atoms with Crippen LogP contribution < -0.4 is 11.1 Å². The highest BCUT2D eigenvalue weighted by Gasteiger charge is 2.40. The topological polar surface area (TPSA) is 90.1 Å². The van der Waals surface area contributed by atoms with E-state index in [0.717, 1.165) is 18.4 Å². The Labute approximate surface area is 106 Å². The van der Waals surface area contributed by atoms with E-state index in [9.17, 15) is 4.79 Å². The second-order valence-corrected chi connectivity index (χ2v) is 5.58. The molecule has 0 aliphatic heterocycles. The summed E-state index contributed by atoms with van der Waals surface area (Å²) < 4.78 is 5.10. The first-order valence-electron chi connectivity index (χ1n) is 5.90. The van der Waals surface area contributed by atoms with Gasteiger partial charge < -0.3 is 10.5 Å². The molecule has 0 saturated heterocycles. The lowest BCUT2D eigenvalue weighted by Gasteiger charge is -2.19. The van der Waals surface area contributed by atoms with Gasteiger partial charge in [0.15, 0.2) is 0 Å². The smallest absolute Gasteiger partial charge is 0.414 e. The average Bonchev–Trinajstić information content (AvgIpc) is 2.95. The number of nitrogens with zero attached hydrogens (tertiary/aromatic N) is 2. The third-order valence-electron chi connectivity index (χ3n) is 2.63. The molecule has 1 heterocycles. The van der Waals surface area contributed by atoms with Crippen molar-refractivity contribution < 1.29 is 9.53 Å². The lowest BCUT2D eigenvalue weighted by molar-refractivity contribution is 0.0634. The maximum Gasteiger partial charge on any atom is 0.414 e. The molecule has 1 aromatic heterocycles. The molecule has 3 N–H and O–H groups in total. The minimum Gasteiger partial charge on any atom is -0.444 e. The molecule has 18 heavy (non-hydrogen) atoms. The van der Waals surface area contributed by atoms with Crippen molar-refractivity contribution in [2.24, 2.45) is 5.73 Å². The number of hydrogen-bond donors (Lipinski definition) is 2. The van der Waals surface area contributed by atoms with Crippen LogP contribution in [0.4, 0.5) is 10.7 Å². The highest BCUT2D eigenvalue weighted by molar-refractivity contribution is 5.82. The molecule has 0 aromatic carbocycles. The van der Waals surface area contributed by atoms with Crippen molar-refractivity contribution in [1.29, 1.82) is 0 Å². The number of carbonyl (C=O) groups excluding carboxylic acids is 1. The zero-order valence-electron chi connectivity index (χ0n) is 10.9. The molecule has 2 rings (SSSR count). The Kier molecular flexibility index (Phi) is 2.98. The number of nitrogens with one attached hydrogen (secondary N) is 1. The van der Waals surface area contributed by atoms with Gasteiger partial charge in [-0.1, -0.05) is 0 Å². The first-order valence-corrected chi connectivity index (χ1v) is 5.90. The quantitative estimate of drug-likeness (QED) is 0.834. The minimum absolute atomic E-state index is 0.220. The van der Waals surface area contributed by atoms with Crippen molar-refractivity contribution >= 4 is 12.0 Å². The number of nitrogens with two attached hydrogens (primary N) is 1. The molecule has 6 heteroatoms. The maximum atomic E-state index is 11.5. The molecule has 1 fully saturated rings. The minimum atomic E-state index is -0.566. The van der Waals surface area contributed by atoms with Crippen molar-refractivity contribution in [3.63, 3.8) is 0 Å². The van der Waals surface area contributed by atoms with E-state index < -0.39 is 11.7 Å². The van der Waals surface area contributed by atoms with Crippen LogP contribution in [0.1, 0.15) is 39.2 Å². The summed E-state index contributed by atoms with van der Waals surface area (Å²) in [6.07, 6.45) is 4.63. The number of hydrogen-bond acceptors (Lipinski definition) is 5. The van der Waals surface area contributed by atoms with Gasteiger partial charge in [-0.15, -0.1) is 0 Å². The molecule has 0 bridgehead atoms. The average molecular weight is 250 g/mol. The lowest BCUT2D eigenvalue weighted by Crippen LogP contribution is -2.28.